The van der Waals surface area contributed by atoms with Gasteiger partial charge in [0.25, 0.3) is 12.0 Å². The number of para-hydroxylation sites is 1. The van der Waals surface area contributed by atoms with Crippen LogP contribution in [0.15, 0.2) is 35.1 Å². The van der Waals surface area contributed by atoms with Gasteiger partial charge in [-0.3, -0.25) is 9.89 Å². The Balaban J connectivity index is 2.57. The van der Waals surface area contributed by atoms with Crippen LogP contribution in [0.3, 0.4) is 0 Å². The molecule has 16 heavy (non-hydrogen) atoms. The monoisotopic (exact) mass is 244 g/mol. The highest BCUT2D eigenvalue weighted by Crippen LogP contribution is 2.19. The van der Waals surface area contributed by atoms with E-state index < -0.39 is 17.7 Å². The molecular weight excluding hydrogens is 238 g/mol. The summed E-state index contributed by atoms with van der Waals surface area (Å²) in [5.74, 6) is 0. The van der Waals surface area contributed by atoms with E-state index in [0.29, 0.717) is 10.7 Å². The highest BCUT2D eigenvalue weighted by atomic mass is 35.5. The Hall–Kier alpha value is -1.62. The molecule has 0 aliphatic rings. The average molecular weight is 245 g/mol. The summed E-state index contributed by atoms with van der Waals surface area (Å²) >= 11 is 5.85. The molecule has 0 aliphatic carbocycles. The number of H-pyrrole nitrogens is 1. The zero-order chi connectivity index (χ0) is 11.7. The Labute approximate surface area is 94.3 Å². The van der Waals surface area contributed by atoms with E-state index in [1.807, 2.05) is 0 Å². The molecule has 0 radical (unpaired) electrons. The number of halogens is 3. The zero-order valence-electron chi connectivity index (χ0n) is 7.95. The summed E-state index contributed by atoms with van der Waals surface area (Å²) in [6.45, 7) is 0. The van der Waals surface area contributed by atoms with E-state index in [9.17, 15) is 13.6 Å². The van der Waals surface area contributed by atoms with Crippen molar-refractivity contribution in [2.75, 3.05) is 0 Å². The van der Waals surface area contributed by atoms with Crippen LogP contribution in [-0.4, -0.2) is 9.78 Å². The molecule has 0 amide bonds. The van der Waals surface area contributed by atoms with Gasteiger partial charge in [0.05, 0.1) is 10.7 Å². The summed E-state index contributed by atoms with van der Waals surface area (Å²) in [5, 5.41) is 2.62. The molecule has 1 aromatic carbocycles. The van der Waals surface area contributed by atoms with E-state index in [1.54, 1.807) is 24.3 Å². The summed E-state index contributed by atoms with van der Waals surface area (Å²) in [4.78, 5) is 11.4. The van der Waals surface area contributed by atoms with Gasteiger partial charge in [0.2, 0.25) is 0 Å². The minimum atomic E-state index is -2.71. The SMILES string of the molecule is O=c1cc(C(F)F)[nH]n1-c1ccccc1Cl. The number of aromatic amines is 1. The topological polar surface area (TPSA) is 37.8 Å². The smallest absolute Gasteiger partial charge is 0.279 e. The fourth-order valence-electron chi connectivity index (χ4n) is 1.34. The predicted octanol–water partition coefficient (Wildman–Crippen LogP) is 2.76. The van der Waals surface area contributed by atoms with Crippen LogP contribution in [0.1, 0.15) is 12.1 Å². The summed E-state index contributed by atoms with van der Waals surface area (Å²) in [6.07, 6.45) is -2.71. The highest BCUT2D eigenvalue weighted by Gasteiger charge is 2.14. The van der Waals surface area contributed by atoms with Gasteiger partial charge >= 0.3 is 0 Å². The Morgan fingerprint density at radius 1 is 1.31 bits per heavy atom. The molecule has 6 heteroatoms. The van der Waals surface area contributed by atoms with Crippen molar-refractivity contribution >= 4 is 11.6 Å². The predicted molar refractivity (Wildman–Crippen MR) is 56.4 cm³/mol. The van der Waals surface area contributed by atoms with E-state index in [0.717, 1.165) is 10.7 Å². The largest absolute Gasteiger partial charge is 0.289 e. The van der Waals surface area contributed by atoms with Crippen LogP contribution >= 0.6 is 11.6 Å². The Kier molecular flexibility index (Phi) is 2.78. The maximum Gasteiger partial charge on any atom is 0.279 e. The molecule has 3 nitrogen and oxygen atoms in total. The van der Waals surface area contributed by atoms with Crippen molar-refractivity contribution in [3.05, 3.63) is 51.4 Å². The van der Waals surface area contributed by atoms with Gasteiger partial charge in [-0.25, -0.2) is 13.5 Å². The second-order valence-corrected chi connectivity index (χ2v) is 3.54. The maximum atomic E-state index is 12.4. The summed E-state index contributed by atoms with van der Waals surface area (Å²) in [6, 6.07) is 7.35. The Morgan fingerprint density at radius 3 is 2.56 bits per heavy atom. The van der Waals surface area contributed by atoms with Crippen LogP contribution in [0.2, 0.25) is 5.02 Å². The van der Waals surface area contributed by atoms with Gasteiger partial charge < -0.3 is 0 Å². The van der Waals surface area contributed by atoms with E-state index >= 15 is 0 Å². The van der Waals surface area contributed by atoms with Crippen LogP contribution in [0.4, 0.5) is 8.78 Å². The van der Waals surface area contributed by atoms with Gasteiger partial charge in [0.15, 0.2) is 0 Å². The van der Waals surface area contributed by atoms with Crippen molar-refractivity contribution in [3.63, 3.8) is 0 Å². The average Bonchev–Trinajstić information content (AvgIpc) is 2.61. The van der Waals surface area contributed by atoms with Crippen LogP contribution in [0.5, 0.6) is 0 Å². The van der Waals surface area contributed by atoms with Gasteiger partial charge in [0, 0.05) is 6.07 Å². The Bertz CT molecular complexity index is 562. The quantitative estimate of drug-likeness (QED) is 0.867. The van der Waals surface area contributed by atoms with Crippen molar-refractivity contribution in [2.24, 2.45) is 0 Å². The van der Waals surface area contributed by atoms with Crippen molar-refractivity contribution in [1.29, 1.82) is 0 Å². The molecule has 2 aromatic rings. The lowest BCUT2D eigenvalue weighted by Gasteiger charge is -2.03. The lowest BCUT2D eigenvalue weighted by molar-refractivity contribution is 0.145. The minimum Gasteiger partial charge on any atom is -0.289 e. The van der Waals surface area contributed by atoms with Gasteiger partial charge in [-0.05, 0) is 12.1 Å². The van der Waals surface area contributed by atoms with E-state index in [4.69, 9.17) is 11.6 Å². The number of aromatic nitrogens is 2. The molecule has 1 N–H and O–H groups in total. The molecule has 0 saturated heterocycles. The normalized spacial score (nSPS) is 11.0. The van der Waals surface area contributed by atoms with Crippen molar-refractivity contribution in [3.8, 4) is 5.69 Å². The molecule has 0 saturated carbocycles. The summed E-state index contributed by atoms with van der Waals surface area (Å²) < 4.78 is 25.7. The molecule has 0 bridgehead atoms. The first-order valence-electron chi connectivity index (χ1n) is 4.44. The molecule has 0 aliphatic heterocycles. The molecule has 84 valence electrons. The first-order valence-corrected chi connectivity index (χ1v) is 4.82. The Morgan fingerprint density at radius 2 is 2.00 bits per heavy atom. The van der Waals surface area contributed by atoms with E-state index in [2.05, 4.69) is 5.10 Å². The second-order valence-electron chi connectivity index (χ2n) is 3.14. The third-order valence-electron chi connectivity index (χ3n) is 2.07. The van der Waals surface area contributed by atoms with E-state index in [-0.39, 0.29) is 0 Å². The third kappa shape index (κ3) is 1.86. The molecule has 1 heterocycles. The summed E-state index contributed by atoms with van der Waals surface area (Å²) in [7, 11) is 0. The number of benzene rings is 1. The number of alkyl halides is 2. The van der Waals surface area contributed by atoms with Gasteiger partial charge in [0.1, 0.15) is 5.69 Å². The van der Waals surface area contributed by atoms with Gasteiger partial charge in [-0.15, -0.1) is 0 Å². The van der Waals surface area contributed by atoms with Crippen molar-refractivity contribution in [1.82, 2.24) is 9.78 Å². The first kappa shape index (κ1) is 10.9. The third-order valence-corrected chi connectivity index (χ3v) is 2.39. The maximum absolute atomic E-state index is 12.4. The molecule has 0 unspecified atom stereocenters. The standard InChI is InChI=1S/C10H7ClF2N2O/c11-6-3-1-2-4-8(6)15-9(16)5-7(14-15)10(12)13/h1-5,10,14H. The van der Waals surface area contributed by atoms with Crippen molar-refractivity contribution < 1.29 is 8.78 Å². The van der Waals surface area contributed by atoms with Crippen LogP contribution in [-0.2, 0) is 0 Å². The lowest BCUT2D eigenvalue weighted by atomic mass is 10.3. The zero-order valence-corrected chi connectivity index (χ0v) is 8.71. The van der Waals surface area contributed by atoms with Crippen LogP contribution < -0.4 is 5.56 Å². The fraction of sp³-hybridized carbons (Fsp3) is 0.100. The van der Waals surface area contributed by atoms with Crippen LogP contribution in [0.25, 0.3) is 5.69 Å². The lowest BCUT2D eigenvalue weighted by Crippen LogP contribution is -2.13. The molecule has 2 rings (SSSR count). The molecule has 0 fully saturated rings. The summed E-state index contributed by atoms with van der Waals surface area (Å²) in [5.41, 5.74) is -0.644. The van der Waals surface area contributed by atoms with E-state index in [1.165, 1.54) is 0 Å². The molecule has 0 spiro atoms. The molecule has 1 aromatic heterocycles. The van der Waals surface area contributed by atoms with Crippen LogP contribution in [0, 0.1) is 0 Å². The van der Waals surface area contributed by atoms with Gasteiger partial charge in [-0.1, -0.05) is 23.7 Å². The highest BCUT2D eigenvalue weighted by molar-refractivity contribution is 6.32. The number of nitrogens with one attached hydrogen (secondary N) is 1. The first-order chi connectivity index (χ1) is 7.59. The minimum absolute atomic E-state index is 0.312. The number of rotatable bonds is 2. The number of nitrogens with zero attached hydrogens (tertiary/aromatic N) is 1. The number of hydrogen-bond acceptors (Lipinski definition) is 1. The van der Waals surface area contributed by atoms with Crippen molar-refractivity contribution in [2.45, 2.75) is 6.43 Å². The fourth-order valence-corrected chi connectivity index (χ4v) is 1.56. The number of hydrogen-bond donors (Lipinski definition) is 1. The van der Waals surface area contributed by atoms with Gasteiger partial charge in [-0.2, -0.15) is 0 Å². The second kappa shape index (κ2) is 4.09. The molecule has 0 atom stereocenters. The molecular formula is C10H7ClF2N2O.